The summed E-state index contributed by atoms with van der Waals surface area (Å²) in [6, 6.07) is 0. The van der Waals surface area contributed by atoms with Crippen molar-refractivity contribution in [3.63, 3.8) is 0 Å². The number of nitrogens with zero attached hydrogens (tertiary/aromatic N) is 3. The minimum atomic E-state index is -0.770. The second kappa shape index (κ2) is 20.2. The van der Waals surface area contributed by atoms with Crippen molar-refractivity contribution in [1.82, 2.24) is 20.4 Å². The van der Waals surface area contributed by atoms with Crippen LogP contribution in [0, 0.1) is 0 Å². The van der Waals surface area contributed by atoms with Crippen molar-refractivity contribution in [1.29, 1.82) is 0 Å². The van der Waals surface area contributed by atoms with Crippen molar-refractivity contribution in [3.05, 3.63) is 0 Å². The molecule has 274 valence electrons. The molecule has 0 fully saturated rings. The van der Waals surface area contributed by atoms with Gasteiger partial charge in [0.1, 0.15) is 22.4 Å². The monoisotopic (exact) mass is 672 g/mol. The number of guanidine groups is 1. The molecular formula is C33H64N6O8. The zero-order chi connectivity index (χ0) is 36.5. The van der Waals surface area contributed by atoms with Gasteiger partial charge >= 0.3 is 24.4 Å². The third-order valence-electron chi connectivity index (χ3n) is 5.64. The van der Waals surface area contributed by atoms with E-state index in [4.69, 9.17) is 24.7 Å². The van der Waals surface area contributed by atoms with E-state index in [1.54, 1.807) is 51.3 Å². The second-order valence-corrected chi connectivity index (χ2v) is 15.3. The van der Waals surface area contributed by atoms with Gasteiger partial charge in [0.05, 0.1) is 0 Å². The Morgan fingerprint density at radius 2 is 0.851 bits per heavy atom. The number of unbranched alkanes of at least 4 members (excludes halogenated alkanes) is 3. The fourth-order valence-electron chi connectivity index (χ4n) is 3.81. The minimum Gasteiger partial charge on any atom is -0.444 e. The van der Waals surface area contributed by atoms with Gasteiger partial charge in [-0.1, -0.05) is 0 Å². The van der Waals surface area contributed by atoms with Gasteiger partial charge in [-0.2, -0.15) is 0 Å². The van der Waals surface area contributed by atoms with E-state index in [-0.39, 0.29) is 18.6 Å². The summed E-state index contributed by atoms with van der Waals surface area (Å²) in [6.07, 6.45) is 1.71. The number of nitrogens with two attached hydrogens (primary N) is 1. The first-order valence-electron chi connectivity index (χ1n) is 16.6. The highest BCUT2D eigenvalue weighted by molar-refractivity contribution is 6.01. The molecule has 0 rings (SSSR count). The smallest absolute Gasteiger partial charge is 0.414 e. The number of aliphatic imine (C=N–C) groups is 1. The van der Waals surface area contributed by atoms with Crippen molar-refractivity contribution >= 4 is 30.3 Å². The molecule has 0 heterocycles. The first kappa shape index (κ1) is 43.7. The quantitative estimate of drug-likeness (QED) is 0.0844. The fourth-order valence-corrected chi connectivity index (χ4v) is 3.81. The van der Waals surface area contributed by atoms with Crippen molar-refractivity contribution in [2.75, 3.05) is 39.3 Å². The molecule has 0 aromatic carbocycles. The summed E-state index contributed by atoms with van der Waals surface area (Å²) in [6.45, 7) is 24.0. The Bertz CT molecular complexity index is 975. The fraction of sp³-hybridized carbons (Fsp3) is 0.848. The van der Waals surface area contributed by atoms with Crippen molar-refractivity contribution in [2.45, 2.75) is 144 Å². The molecule has 4 amide bonds. The lowest BCUT2D eigenvalue weighted by atomic mass is 10.2. The predicted octanol–water partition coefficient (Wildman–Crippen LogP) is 6.17. The molecule has 14 nitrogen and oxygen atoms in total. The van der Waals surface area contributed by atoms with Crippen molar-refractivity contribution in [2.24, 2.45) is 10.7 Å². The van der Waals surface area contributed by atoms with E-state index in [0.717, 1.165) is 12.8 Å². The van der Waals surface area contributed by atoms with Gasteiger partial charge in [-0.25, -0.2) is 19.2 Å². The number of alkyl carbamates (subject to hydrolysis) is 2. The first-order chi connectivity index (χ1) is 21.4. The highest BCUT2D eigenvalue weighted by Crippen LogP contribution is 2.14. The number of ether oxygens (including phenoxy) is 4. The van der Waals surface area contributed by atoms with Crippen LogP contribution in [0.5, 0.6) is 0 Å². The van der Waals surface area contributed by atoms with E-state index in [2.05, 4.69) is 15.6 Å². The van der Waals surface area contributed by atoms with Crippen molar-refractivity contribution < 1.29 is 38.1 Å². The van der Waals surface area contributed by atoms with E-state index in [1.807, 2.05) is 41.5 Å². The predicted molar refractivity (Wildman–Crippen MR) is 183 cm³/mol. The lowest BCUT2D eigenvalue weighted by molar-refractivity contribution is 0.0207. The van der Waals surface area contributed by atoms with Crippen molar-refractivity contribution in [3.8, 4) is 0 Å². The van der Waals surface area contributed by atoms with E-state index in [0.29, 0.717) is 58.4 Å². The Morgan fingerprint density at radius 3 is 1.17 bits per heavy atom. The standard InChI is InChI=1S/C33H64N6O8/c1-30(2,3)44-26(40)36-25(37-27(41)45-31(4,5)6)35-20-14-16-22-39(29(43)47-33(10,11)12)24-18-17-23-38(21-15-13-19-34)28(42)46-32(7,8)9/h13-24,34H2,1-12H3,(H2,35,36,37,40,41). The maximum absolute atomic E-state index is 13.0. The van der Waals surface area contributed by atoms with E-state index in [9.17, 15) is 19.2 Å². The van der Waals surface area contributed by atoms with E-state index < -0.39 is 40.7 Å². The van der Waals surface area contributed by atoms with Gasteiger partial charge < -0.3 is 34.5 Å². The largest absolute Gasteiger partial charge is 0.444 e. The third kappa shape index (κ3) is 25.5. The van der Waals surface area contributed by atoms with Crippen LogP contribution in [0.4, 0.5) is 19.2 Å². The van der Waals surface area contributed by atoms with Crippen LogP contribution in [0.2, 0.25) is 0 Å². The molecule has 0 spiro atoms. The van der Waals surface area contributed by atoms with Gasteiger partial charge in [0.2, 0.25) is 5.96 Å². The first-order valence-corrected chi connectivity index (χ1v) is 16.6. The molecule has 0 saturated heterocycles. The van der Waals surface area contributed by atoms with Crippen LogP contribution in [0.25, 0.3) is 0 Å². The summed E-state index contributed by atoms with van der Waals surface area (Å²) in [5, 5.41) is 4.93. The lowest BCUT2D eigenvalue weighted by Crippen LogP contribution is -2.47. The molecule has 0 unspecified atom stereocenters. The Labute approximate surface area is 282 Å². The van der Waals surface area contributed by atoms with Gasteiger partial charge in [-0.15, -0.1) is 0 Å². The van der Waals surface area contributed by atoms with Gasteiger partial charge in [0, 0.05) is 32.7 Å². The molecule has 0 atom stereocenters. The molecule has 4 N–H and O–H groups in total. The zero-order valence-electron chi connectivity index (χ0n) is 31.2. The maximum atomic E-state index is 13.0. The van der Waals surface area contributed by atoms with Gasteiger partial charge in [-0.3, -0.25) is 15.6 Å². The number of carbonyl (C=O) groups excluding carboxylic acids is 4. The van der Waals surface area contributed by atoms with E-state index in [1.165, 1.54) is 0 Å². The minimum absolute atomic E-state index is 0.0986. The number of hydrogen-bond acceptors (Lipinski definition) is 10. The van der Waals surface area contributed by atoms with Gasteiger partial charge in [-0.05, 0) is 128 Å². The molecule has 0 aliphatic carbocycles. The Balaban J connectivity index is 5.36. The SMILES string of the molecule is CC(C)(C)OC(=O)NC(=NCCCCN(CCCCN(CCCCN)C(=O)OC(C)(C)C)C(=O)OC(C)(C)C)NC(=O)OC(C)(C)C. The average Bonchev–Trinajstić information content (AvgIpc) is 2.83. The maximum Gasteiger partial charge on any atom is 0.414 e. The van der Waals surface area contributed by atoms with Crippen LogP contribution in [-0.4, -0.2) is 102 Å². The molecule has 47 heavy (non-hydrogen) atoms. The average molecular weight is 673 g/mol. The van der Waals surface area contributed by atoms with Gasteiger partial charge in [0.25, 0.3) is 0 Å². The number of rotatable bonds is 14. The highest BCUT2D eigenvalue weighted by Gasteiger charge is 2.24. The third-order valence-corrected chi connectivity index (χ3v) is 5.64. The number of carbonyl (C=O) groups is 4. The Kier molecular flexibility index (Phi) is 18.7. The van der Waals surface area contributed by atoms with Crippen LogP contribution in [0.15, 0.2) is 4.99 Å². The van der Waals surface area contributed by atoms with Crippen LogP contribution < -0.4 is 16.4 Å². The molecule has 0 radical (unpaired) electrons. The van der Waals surface area contributed by atoms with Crippen LogP contribution in [-0.2, 0) is 18.9 Å². The summed E-state index contributed by atoms with van der Waals surface area (Å²) < 4.78 is 21.8. The molecule has 14 heteroatoms. The highest BCUT2D eigenvalue weighted by atomic mass is 16.6. The summed E-state index contributed by atoms with van der Waals surface area (Å²) in [4.78, 5) is 58.1. The number of nitrogens with one attached hydrogen (secondary N) is 2. The topological polar surface area (TPSA) is 174 Å². The summed E-state index contributed by atoms with van der Waals surface area (Å²) in [5.74, 6) is -0.0986. The molecule has 0 bridgehead atoms. The molecule has 0 aliphatic heterocycles. The summed E-state index contributed by atoms with van der Waals surface area (Å²) in [5.41, 5.74) is 2.89. The molecular weight excluding hydrogens is 608 g/mol. The summed E-state index contributed by atoms with van der Waals surface area (Å²) >= 11 is 0. The Hall–Kier alpha value is -3.29. The number of hydrogen-bond donors (Lipinski definition) is 3. The molecule has 0 aliphatic rings. The molecule has 0 aromatic rings. The summed E-state index contributed by atoms with van der Waals surface area (Å²) in [7, 11) is 0. The van der Waals surface area contributed by atoms with Crippen LogP contribution >= 0.6 is 0 Å². The van der Waals surface area contributed by atoms with E-state index >= 15 is 0 Å². The zero-order valence-corrected chi connectivity index (χ0v) is 31.2. The normalized spacial score (nSPS) is 12.0. The van der Waals surface area contributed by atoms with Crippen LogP contribution in [0.1, 0.15) is 122 Å². The lowest BCUT2D eigenvalue weighted by Gasteiger charge is -2.29. The molecule has 0 saturated carbocycles. The number of amides is 4. The van der Waals surface area contributed by atoms with Crippen LogP contribution in [0.3, 0.4) is 0 Å². The molecule has 0 aromatic heterocycles. The van der Waals surface area contributed by atoms with Gasteiger partial charge in [0.15, 0.2) is 0 Å². The second-order valence-electron chi connectivity index (χ2n) is 15.3. The Morgan fingerprint density at radius 1 is 0.532 bits per heavy atom.